The minimum Gasteiger partial charge on any atom is -0.492 e. The summed E-state index contributed by atoms with van der Waals surface area (Å²) in [5.41, 5.74) is 0.560. The molecule has 4 heteroatoms. The van der Waals surface area contributed by atoms with Crippen molar-refractivity contribution >= 4 is 12.2 Å². The number of benzene rings is 1. The zero-order valence-electron chi connectivity index (χ0n) is 11.7. The van der Waals surface area contributed by atoms with Gasteiger partial charge in [-0.2, -0.15) is 0 Å². The van der Waals surface area contributed by atoms with Crippen LogP contribution < -0.4 is 10.1 Å². The van der Waals surface area contributed by atoms with Crippen LogP contribution in [0.1, 0.15) is 26.3 Å². The molecule has 1 N–H and O–H groups in total. The molecule has 0 heterocycles. The summed E-state index contributed by atoms with van der Waals surface area (Å²) in [5, 5.41) is 2.63. The summed E-state index contributed by atoms with van der Waals surface area (Å²) in [7, 11) is 0. The lowest BCUT2D eigenvalue weighted by Gasteiger charge is -2.19. The Morgan fingerprint density at radius 2 is 1.95 bits per heavy atom. The van der Waals surface area contributed by atoms with E-state index in [1.54, 1.807) is 6.08 Å². The van der Waals surface area contributed by atoms with E-state index >= 15 is 0 Å². The molecule has 1 rings (SSSR count). The standard InChI is InChI=1S/C15H21NO3/c1-5-12-6-8-13(9-7-12)18-11-10-16-14(17)19-15(2,3)4/h5-9H,1,10-11H2,2-4H3,(H,16,17). The van der Waals surface area contributed by atoms with Gasteiger partial charge < -0.3 is 14.8 Å². The number of nitrogens with one attached hydrogen (secondary N) is 1. The zero-order valence-corrected chi connectivity index (χ0v) is 11.7. The van der Waals surface area contributed by atoms with Gasteiger partial charge in [0.15, 0.2) is 0 Å². The minimum absolute atomic E-state index is 0.396. The molecule has 1 amide bonds. The lowest BCUT2D eigenvalue weighted by molar-refractivity contribution is 0.0520. The van der Waals surface area contributed by atoms with Crippen molar-refractivity contribution in [2.45, 2.75) is 26.4 Å². The number of carbonyl (C=O) groups excluding carboxylic acids is 1. The highest BCUT2D eigenvalue weighted by molar-refractivity contribution is 5.67. The zero-order chi connectivity index (χ0) is 14.3. The van der Waals surface area contributed by atoms with Crippen molar-refractivity contribution < 1.29 is 14.3 Å². The predicted octanol–water partition coefficient (Wildman–Crippen LogP) is 3.23. The summed E-state index contributed by atoms with van der Waals surface area (Å²) >= 11 is 0. The molecule has 0 aliphatic rings. The molecule has 0 aliphatic carbocycles. The third kappa shape index (κ3) is 6.50. The van der Waals surface area contributed by atoms with E-state index in [2.05, 4.69) is 11.9 Å². The van der Waals surface area contributed by atoms with Gasteiger partial charge in [0.05, 0.1) is 6.54 Å². The molecule has 0 fully saturated rings. The highest BCUT2D eigenvalue weighted by Crippen LogP contribution is 2.12. The van der Waals surface area contributed by atoms with E-state index in [-0.39, 0.29) is 0 Å². The first-order chi connectivity index (χ1) is 8.90. The van der Waals surface area contributed by atoms with E-state index in [4.69, 9.17) is 9.47 Å². The maximum absolute atomic E-state index is 11.4. The second kappa shape index (κ2) is 6.83. The molecular weight excluding hydrogens is 242 g/mol. The van der Waals surface area contributed by atoms with Gasteiger partial charge in [-0.25, -0.2) is 4.79 Å². The average molecular weight is 263 g/mol. The fourth-order valence-corrected chi connectivity index (χ4v) is 1.34. The van der Waals surface area contributed by atoms with E-state index in [9.17, 15) is 4.79 Å². The van der Waals surface area contributed by atoms with Crippen molar-refractivity contribution in [3.8, 4) is 5.75 Å². The molecule has 19 heavy (non-hydrogen) atoms. The quantitative estimate of drug-likeness (QED) is 0.830. The molecule has 0 bridgehead atoms. The molecule has 0 radical (unpaired) electrons. The highest BCUT2D eigenvalue weighted by Gasteiger charge is 2.15. The van der Waals surface area contributed by atoms with E-state index < -0.39 is 11.7 Å². The Kier molecular flexibility index (Phi) is 5.42. The number of ether oxygens (including phenoxy) is 2. The first-order valence-corrected chi connectivity index (χ1v) is 6.23. The van der Waals surface area contributed by atoms with Gasteiger partial charge in [0.2, 0.25) is 0 Å². The topological polar surface area (TPSA) is 47.6 Å². The third-order valence-electron chi connectivity index (χ3n) is 2.15. The molecule has 0 spiro atoms. The third-order valence-corrected chi connectivity index (χ3v) is 2.15. The van der Waals surface area contributed by atoms with Crippen LogP contribution in [0.2, 0.25) is 0 Å². The smallest absolute Gasteiger partial charge is 0.407 e. The Morgan fingerprint density at radius 3 is 2.47 bits per heavy atom. The molecule has 0 atom stereocenters. The number of carbonyl (C=O) groups is 1. The van der Waals surface area contributed by atoms with Gasteiger partial charge in [0.25, 0.3) is 0 Å². The molecule has 0 unspecified atom stereocenters. The number of hydrogen-bond acceptors (Lipinski definition) is 3. The Balaban J connectivity index is 2.23. The van der Waals surface area contributed by atoms with Crippen LogP contribution >= 0.6 is 0 Å². The van der Waals surface area contributed by atoms with Gasteiger partial charge in [-0.3, -0.25) is 0 Å². The van der Waals surface area contributed by atoms with Crippen molar-refractivity contribution in [1.82, 2.24) is 5.32 Å². The van der Waals surface area contributed by atoms with Crippen LogP contribution in [0.3, 0.4) is 0 Å². The summed E-state index contributed by atoms with van der Waals surface area (Å²) in [6.45, 7) is 9.95. The van der Waals surface area contributed by atoms with Crippen molar-refractivity contribution in [3.05, 3.63) is 36.4 Å². The summed E-state index contributed by atoms with van der Waals surface area (Å²) in [6.07, 6.45) is 1.34. The summed E-state index contributed by atoms with van der Waals surface area (Å²) in [4.78, 5) is 11.4. The van der Waals surface area contributed by atoms with Crippen LogP contribution in [0.15, 0.2) is 30.8 Å². The lowest BCUT2D eigenvalue weighted by Crippen LogP contribution is -2.34. The first-order valence-electron chi connectivity index (χ1n) is 6.23. The molecular formula is C15H21NO3. The molecule has 104 valence electrons. The van der Waals surface area contributed by atoms with Crippen molar-refractivity contribution in [1.29, 1.82) is 0 Å². The van der Waals surface area contributed by atoms with Gasteiger partial charge in [-0.05, 0) is 38.5 Å². The number of rotatable bonds is 5. The number of amides is 1. The summed E-state index contributed by atoms with van der Waals surface area (Å²) in [5.74, 6) is 0.761. The van der Waals surface area contributed by atoms with Crippen LogP contribution in [-0.4, -0.2) is 24.8 Å². The van der Waals surface area contributed by atoms with Crippen LogP contribution in [-0.2, 0) is 4.74 Å². The van der Waals surface area contributed by atoms with Gasteiger partial charge in [-0.1, -0.05) is 24.8 Å². The molecule has 0 aliphatic heterocycles. The molecule has 0 aromatic heterocycles. The van der Waals surface area contributed by atoms with Crippen LogP contribution in [0, 0.1) is 0 Å². The fraction of sp³-hybridized carbons (Fsp3) is 0.400. The minimum atomic E-state index is -0.481. The highest BCUT2D eigenvalue weighted by atomic mass is 16.6. The van der Waals surface area contributed by atoms with Gasteiger partial charge in [0, 0.05) is 0 Å². The lowest BCUT2D eigenvalue weighted by atomic mass is 10.2. The molecule has 4 nitrogen and oxygen atoms in total. The predicted molar refractivity (Wildman–Crippen MR) is 76.3 cm³/mol. The van der Waals surface area contributed by atoms with Crippen molar-refractivity contribution in [2.24, 2.45) is 0 Å². The Morgan fingerprint density at radius 1 is 1.32 bits per heavy atom. The number of alkyl carbamates (subject to hydrolysis) is 1. The average Bonchev–Trinajstić information content (AvgIpc) is 2.33. The second-order valence-electron chi connectivity index (χ2n) is 5.05. The van der Waals surface area contributed by atoms with Gasteiger partial charge >= 0.3 is 6.09 Å². The normalized spacial score (nSPS) is 10.7. The first kappa shape index (κ1) is 15.1. The summed E-state index contributed by atoms with van der Waals surface area (Å²) in [6, 6.07) is 7.57. The van der Waals surface area contributed by atoms with Gasteiger partial charge in [-0.15, -0.1) is 0 Å². The van der Waals surface area contributed by atoms with Gasteiger partial charge in [0.1, 0.15) is 18.0 Å². The molecule has 1 aromatic carbocycles. The second-order valence-corrected chi connectivity index (χ2v) is 5.05. The monoisotopic (exact) mass is 263 g/mol. The van der Waals surface area contributed by atoms with E-state index in [0.717, 1.165) is 11.3 Å². The molecule has 0 saturated carbocycles. The Hall–Kier alpha value is -1.97. The Labute approximate surface area is 114 Å². The largest absolute Gasteiger partial charge is 0.492 e. The van der Waals surface area contributed by atoms with Crippen LogP contribution in [0.25, 0.3) is 6.08 Å². The van der Waals surface area contributed by atoms with Crippen molar-refractivity contribution in [2.75, 3.05) is 13.2 Å². The maximum atomic E-state index is 11.4. The van der Waals surface area contributed by atoms with E-state index in [1.807, 2.05) is 45.0 Å². The maximum Gasteiger partial charge on any atom is 0.407 e. The summed E-state index contributed by atoms with van der Waals surface area (Å²) < 4.78 is 10.6. The fourth-order valence-electron chi connectivity index (χ4n) is 1.34. The van der Waals surface area contributed by atoms with Crippen molar-refractivity contribution in [3.63, 3.8) is 0 Å². The van der Waals surface area contributed by atoms with Crippen LogP contribution in [0.5, 0.6) is 5.75 Å². The van der Waals surface area contributed by atoms with E-state index in [1.165, 1.54) is 0 Å². The molecule has 0 saturated heterocycles. The van der Waals surface area contributed by atoms with Crippen LogP contribution in [0.4, 0.5) is 4.79 Å². The number of hydrogen-bond donors (Lipinski definition) is 1. The Bertz CT molecular complexity index is 418. The van der Waals surface area contributed by atoms with E-state index in [0.29, 0.717) is 13.2 Å². The molecule has 1 aromatic rings. The SMILES string of the molecule is C=Cc1ccc(OCCNC(=O)OC(C)(C)C)cc1.